The van der Waals surface area contributed by atoms with E-state index in [9.17, 15) is 9.59 Å². The Kier molecular flexibility index (Phi) is 3.41. The lowest BCUT2D eigenvalue weighted by atomic mass is 10.2. The summed E-state index contributed by atoms with van der Waals surface area (Å²) < 4.78 is 10.3. The summed E-state index contributed by atoms with van der Waals surface area (Å²) in [6.45, 7) is 0.0592. The molecule has 2 heterocycles. The summed E-state index contributed by atoms with van der Waals surface area (Å²) in [7, 11) is 0. The van der Waals surface area contributed by atoms with Crippen molar-refractivity contribution in [2.24, 2.45) is 0 Å². The summed E-state index contributed by atoms with van der Waals surface area (Å²) in [4.78, 5) is 26.4. The fraction of sp³-hybridized carbons (Fsp3) is 0.0769. The van der Waals surface area contributed by atoms with Gasteiger partial charge in [0, 0.05) is 11.8 Å². The maximum Gasteiger partial charge on any atom is 0.286 e. The molecule has 0 fully saturated rings. The molecule has 3 N–H and O–H groups in total. The number of rotatable bonds is 2. The average Bonchev–Trinajstić information content (AvgIpc) is 3.14. The fourth-order valence-corrected chi connectivity index (χ4v) is 2.09. The molecule has 0 radical (unpaired) electrons. The Labute approximate surface area is 124 Å². The third-order valence-corrected chi connectivity index (χ3v) is 3.10. The molecule has 0 unspecified atom stereocenters. The van der Waals surface area contributed by atoms with Crippen LogP contribution < -0.4 is 20.3 Å². The van der Waals surface area contributed by atoms with E-state index in [2.05, 4.69) is 15.8 Å². The van der Waals surface area contributed by atoms with Crippen LogP contribution in [0.1, 0.15) is 20.8 Å². The number of benzene rings is 1. The second kappa shape index (κ2) is 5.37. The van der Waals surface area contributed by atoms with Gasteiger partial charge in [-0.15, -0.1) is 0 Å². The summed E-state index contributed by atoms with van der Waals surface area (Å²) in [5, 5.41) is 0.269. The van der Waals surface area contributed by atoms with E-state index in [4.69, 9.17) is 21.1 Å². The van der Waals surface area contributed by atoms with Gasteiger partial charge in [-0.1, -0.05) is 11.6 Å². The Balaban J connectivity index is 1.69. The van der Waals surface area contributed by atoms with Gasteiger partial charge < -0.3 is 14.5 Å². The molecule has 1 aliphatic rings. The van der Waals surface area contributed by atoms with Crippen LogP contribution in [-0.2, 0) is 0 Å². The SMILES string of the molecule is O=C(NNC(=O)c1ccc[nH]1)c1cc(Cl)c2c(c1)OCO2. The van der Waals surface area contributed by atoms with E-state index in [1.165, 1.54) is 12.1 Å². The molecule has 0 saturated heterocycles. The van der Waals surface area contributed by atoms with Crippen molar-refractivity contribution in [2.45, 2.75) is 0 Å². The predicted molar refractivity (Wildman–Crippen MR) is 73.3 cm³/mol. The molecule has 0 saturated carbocycles. The first-order valence-corrected chi connectivity index (χ1v) is 6.36. The van der Waals surface area contributed by atoms with Gasteiger partial charge in [-0.2, -0.15) is 0 Å². The monoisotopic (exact) mass is 307 g/mol. The zero-order valence-corrected chi connectivity index (χ0v) is 11.4. The molecule has 0 bridgehead atoms. The highest BCUT2D eigenvalue weighted by atomic mass is 35.5. The lowest BCUT2D eigenvalue weighted by Gasteiger charge is -2.08. The van der Waals surface area contributed by atoms with Crippen molar-refractivity contribution in [1.29, 1.82) is 0 Å². The highest BCUT2D eigenvalue weighted by Crippen LogP contribution is 2.39. The molecular weight excluding hydrogens is 298 g/mol. The van der Waals surface area contributed by atoms with Crippen LogP contribution >= 0.6 is 11.6 Å². The minimum Gasteiger partial charge on any atom is -0.454 e. The number of hydrazine groups is 1. The van der Waals surface area contributed by atoms with E-state index in [1.54, 1.807) is 18.3 Å². The third kappa shape index (κ3) is 2.63. The molecule has 0 spiro atoms. The van der Waals surface area contributed by atoms with Crippen molar-refractivity contribution in [2.75, 3.05) is 6.79 Å². The van der Waals surface area contributed by atoms with E-state index in [1.807, 2.05) is 0 Å². The number of carbonyl (C=O) groups is 2. The van der Waals surface area contributed by atoms with Crippen molar-refractivity contribution in [3.63, 3.8) is 0 Å². The van der Waals surface area contributed by atoms with Gasteiger partial charge in [-0.25, -0.2) is 0 Å². The smallest absolute Gasteiger partial charge is 0.286 e. The summed E-state index contributed by atoms with van der Waals surface area (Å²) in [6, 6.07) is 6.18. The van der Waals surface area contributed by atoms with Gasteiger partial charge in [-0.3, -0.25) is 20.4 Å². The Morgan fingerprint density at radius 3 is 2.76 bits per heavy atom. The van der Waals surface area contributed by atoms with Gasteiger partial charge in [0.15, 0.2) is 11.5 Å². The number of halogens is 1. The molecule has 2 amide bonds. The lowest BCUT2D eigenvalue weighted by molar-refractivity contribution is 0.0844. The van der Waals surface area contributed by atoms with E-state index in [0.29, 0.717) is 17.2 Å². The van der Waals surface area contributed by atoms with Gasteiger partial charge in [-0.05, 0) is 24.3 Å². The normalized spacial score (nSPS) is 12.0. The van der Waals surface area contributed by atoms with Crippen LogP contribution in [0.15, 0.2) is 30.5 Å². The molecule has 0 atom stereocenters. The number of hydrogen-bond donors (Lipinski definition) is 3. The fourth-order valence-electron chi connectivity index (χ4n) is 1.82. The Morgan fingerprint density at radius 1 is 1.19 bits per heavy atom. The molecule has 108 valence electrons. The standard InChI is InChI=1S/C13H10ClN3O4/c14-8-4-7(5-10-11(8)21-6-20-10)12(18)16-17-13(19)9-2-1-3-15-9/h1-5,15H,6H2,(H,16,18)(H,17,19). The van der Waals surface area contributed by atoms with Crippen LogP contribution in [0.4, 0.5) is 0 Å². The zero-order chi connectivity index (χ0) is 14.8. The van der Waals surface area contributed by atoms with Gasteiger partial charge in [0.1, 0.15) is 5.69 Å². The maximum atomic E-state index is 12.0. The molecule has 1 aromatic carbocycles. The summed E-state index contributed by atoms with van der Waals surface area (Å²) in [6.07, 6.45) is 1.61. The first-order chi connectivity index (χ1) is 10.1. The Bertz CT molecular complexity index is 700. The molecule has 3 rings (SSSR count). The summed E-state index contributed by atoms with van der Waals surface area (Å²) in [5.41, 5.74) is 5.16. The second-order valence-electron chi connectivity index (χ2n) is 4.18. The second-order valence-corrected chi connectivity index (χ2v) is 4.59. The number of carbonyl (C=O) groups excluding carboxylic acids is 2. The van der Waals surface area contributed by atoms with Crippen molar-refractivity contribution in [3.05, 3.63) is 46.7 Å². The molecule has 0 aliphatic carbocycles. The van der Waals surface area contributed by atoms with E-state index >= 15 is 0 Å². The topological polar surface area (TPSA) is 92.5 Å². The minimum absolute atomic E-state index is 0.0592. The highest BCUT2D eigenvalue weighted by molar-refractivity contribution is 6.32. The van der Waals surface area contributed by atoms with E-state index in [0.717, 1.165) is 0 Å². The number of ether oxygens (including phenoxy) is 2. The van der Waals surface area contributed by atoms with Crippen molar-refractivity contribution in [3.8, 4) is 11.5 Å². The molecule has 2 aromatic rings. The van der Waals surface area contributed by atoms with Crippen molar-refractivity contribution in [1.82, 2.24) is 15.8 Å². The minimum atomic E-state index is -0.518. The zero-order valence-electron chi connectivity index (χ0n) is 10.6. The van der Waals surface area contributed by atoms with Crippen molar-refractivity contribution >= 4 is 23.4 Å². The largest absolute Gasteiger partial charge is 0.454 e. The number of aromatic nitrogens is 1. The van der Waals surface area contributed by atoms with Crippen LogP contribution in [0.25, 0.3) is 0 Å². The predicted octanol–water partition coefficient (Wildman–Crippen LogP) is 1.47. The molecule has 7 nitrogen and oxygen atoms in total. The number of H-pyrrole nitrogens is 1. The molecule has 1 aliphatic heterocycles. The van der Waals surface area contributed by atoms with Gasteiger partial charge in [0.2, 0.25) is 6.79 Å². The Hall–Kier alpha value is -2.67. The summed E-state index contributed by atoms with van der Waals surface area (Å²) >= 11 is 5.99. The third-order valence-electron chi connectivity index (χ3n) is 2.82. The van der Waals surface area contributed by atoms with Crippen molar-refractivity contribution < 1.29 is 19.1 Å². The van der Waals surface area contributed by atoms with E-state index < -0.39 is 11.8 Å². The molecular formula is C13H10ClN3O4. The van der Waals surface area contributed by atoms with Crippen LogP contribution in [0.2, 0.25) is 5.02 Å². The summed E-state index contributed by atoms with van der Waals surface area (Å²) in [5.74, 6) is -0.178. The number of hydrogen-bond acceptors (Lipinski definition) is 4. The first-order valence-electron chi connectivity index (χ1n) is 5.98. The van der Waals surface area contributed by atoms with Gasteiger partial charge >= 0.3 is 0 Å². The van der Waals surface area contributed by atoms with Gasteiger partial charge in [0.25, 0.3) is 11.8 Å². The number of fused-ring (bicyclic) bond motifs is 1. The van der Waals surface area contributed by atoms with Crippen LogP contribution in [0, 0.1) is 0 Å². The van der Waals surface area contributed by atoms with Crippen LogP contribution in [-0.4, -0.2) is 23.6 Å². The highest BCUT2D eigenvalue weighted by Gasteiger charge is 2.21. The van der Waals surface area contributed by atoms with Gasteiger partial charge in [0.05, 0.1) is 5.02 Å². The number of amides is 2. The van der Waals surface area contributed by atoms with E-state index in [-0.39, 0.29) is 17.4 Å². The molecule has 1 aromatic heterocycles. The lowest BCUT2D eigenvalue weighted by Crippen LogP contribution is -2.41. The van der Waals surface area contributed by atoms with Crippen LogP contribution in [0.5, 0.6) is 11.5 Å². The quantitative estimate of drug-likeness (QED) is 0.733. The number of aromatic amines is 1. The first kappa shape index (κ1) is 13.3. The van der Waals surface area contributed by atoms with Crippen LogP contribution in [0.3, 0.4) is 0 Å². The molecule has 8 heteroatoms. The Morgan fingerprint density at radius 2 is 2.00 bits per heavy atom. The molecule has 21 heavy (non-hydrogen) atoms. The maximum absolute atomic E-state index is 12.0. The number of nitrogens with one attached hydrogen (secondary N) is 3. The average molecular weight is 308 g/mol.